The number of quaternary nitrogens is 1. The Labute approximate surface area is 152 Å². The number of amides is 1. The molecule has 1 N–H and O–H groups in total. The fourth-order valence-corrected chi connectivity index (χ4v) is 4.56. The van der Waals surface area contributed by atoms with Gasteiger partial charge in [0.1, 0.15) is 6.20 Å². The number of hydrogen-bond donors (Lipinski definition) is 1. The summed E-state index contributed by atoms with van der Waals surface area (Å²) in [7, 11) is 0. The van der Waals surface area contributed by atoms with Crippen LogP contribution >= 0.6 is 0 Å². The summed E-state index contributed by atoms with van der Waals surface area (Å²) >= 11 is 0. The Hall–Kier alpha value is -3.06. The lowest BCUT2D eigenvalue weighted by molar-refractivity contribution is -0.793. The second-order valence-electron chi connectivity index (χ2n) is 6.99. The Morgan fingerprint density at radius 3 is 2.85 bits per heavy atom. The third kappa shape index (κ3) is 1.89. The van der Waals surface area contributed by atoms with Crippen molar-refractivity contribution >= 4 is 11.9 Å². The van der Waals surface area contributed by atoms with Crippen LogP contribution in [0.15, 0.2) is 83.0 Å². The van der Waals surface area contributed by atoms with Crippen LogP contribution in [0, 0.1) is 5.92 Å². The average Bonchev–Trinajstić information content (AvgIpc) is 2.65. The Bertz CT molecular complexity index is 1030. The summed E-state index contributed by atoms with van der Waals surface area (Å²) in [6, 6.07) is -1.52. The van der Waals surface area contributed by atoms with Gasteiger partial charge in [0.2, 0.25) is 23.4 Å². The molecular weight excluding hydrogens is 356 g/mol. The first-order valence-corrected chi connectivity index (χ1v) is 8.52. The van der Waals surface area contributed by atoms with Gasteiger partial charge in [0.25, 0.3) is 0 Å². The number of ether oxygens (including phenoxy) is 1. The highest BCUT2D eigenvalue weighted by Gasteiger charge is 2.64. The molecule has 0 aromatic heterocycles. The Balaban J connectivity index is 1.83. The van der Waals surface area contributed by atoms with Crippen molar-refractivity contribution in [3.8, 4) is 0 Å². The van der Waals surface area contributed by atoms with Crippen molar-refractivity contribution in [2.75, 3.05) is 0 Å². The minimum atomic E-state index is -1.52. The van der Waals surface area contributed by atoms with Crippen molar-refractivity contribution in [2.45, 2.75) is 18.6 Å². The quantitative estimate of drug-likeness (QED) is 0.660. The molecule has 7 heteroatoms. The molecule has 1 amide bonds. The summed E-state index contributed by atoms with van der Waals surface area (Å²) in [6.07, 6.45) is 11.1. The summed E-state index contributed by atoms with van der Waals surface area (Å²) in [4.78, 5) is 25.0. The van der Waals surface area contributed by atoms with Crippen LogP contribution in [-0.2, 0) is 9.53 Å². The highest BCUT2D eigenvalue weighted by molar-refractivity contribution is 5.99. The summed E-state index contributed by atoms with van der Waals surface area (Å²) in [5.74, 6) is -4.39. The molecule has 4 atom stereocenters. The van der Waals surface area contributed by atoms with Crippen molar-refractivity contribution in [3.05, 3.63) is 83.0 Å². The summed E-state index contributed by atoms with van der Waals surface area (Å²) < 4.78 is 33.4. The van der Waals surface area contributed by atoms with Gasteiger partial charge < -0.3 is 9.84 Å². The van der Waals surface area contributed by atoms with E-state index in [9.17, 15) is 23.5 Å². The molecule has 0 aromatic rings. The molecule has 0 radical (unpaired) electrons. The minimum absolute atomic E-state index is 0.345. The Morgan fingerprint density at radius 2 is 2.07 bits per heavy atom. The minimum Gasteiger partial charge on any atom is -0.474 e. The molecular formula is C20H14F2NO4+. The smallest absolute Gasteiger partial charge is 0.474 e. The molecule has 5 rings (SSSR count). The summed E-state index contributed by atoms with van der Waals surface area (Å²) in [6.45, 7) is 0. The molecule has 2 aliphatic heterocycles. The number of allylic oxidation sites excluding steroid dienone is 8. The zero-order chi connectivity index (χ0) is 18.9. The van der Waals surface area contributed by atoms with Crippen LogP contribution in [0.1, 0.15) is 6.42 Å². The number of carbonyl (C=O) groups is 2. The summed E-state index contributed by atoms with van der Waals surface area (Å²) in [5, 5.41) is 10.2. The second-order valence-corrected chi connectivity index (χ2v) is 6.99. The predicted molar refractivity (Wildman–Crippen MR) is 89.9 cm³/mol. The van der Waals surface area contributed by atoms with Gasteiger partial charge in [-0.25, -0.2) is 4.39 Å². The van der Waals surface area contributed by atoms with Gasteiger partial charge in [-0.05, 0) is 17.7 Å². The lowest BCUT2D eigenvalue weighted by Gasteiger charge is -2.49. The standard InChI is InChI=1S/C20H13F2NO4/c21-13-9-14(24)17-19(15(13)22)27-18-12-6-2-1-4-10(12)8-11-5-3-7-23(17,16(11)18)20(25)26/h1-4,6-9,12,17-18H,5H2/p+1. The lowest BCUT2D eigenvalue weighted by atomic mass is 9.76. The molecule has 0 spiro atoms. The SMILES string of the molecule is O=C1C=C(F)C(F)=C2OC3C4=C(C=C5C=CC=CC53)CC=C[N+]4(C(=O)O)C12. The van der Waals surface area contributed by atoms with E-state index in [0.29, 0.717) is 18.2 Å². The molecule has 2 heterocycles. The number of hydrogen-bond acceptors (Lipinski definition) is 3. The van der Waals surface area contributed by atoms with Crippen molar-refractivity contribution in [1.82, 2.24) is 0 Å². The van der Waals surface area contributed by atoms with Crippen molar-refractivity contribution in [3.63, 3.8) is 0 Å². The second kappa shape index (κ2) is 5.23. The van der Waals surface area contributed by atoms with Gasteiger partial charge in [0.15, 0.2) is 17.6 Å². The number of halogens is 2. The highest BCUT2D eigenvalue weighted by Crippen LogP contribution is 2.51. The molecule has 0 aromatic carbocycles. The first-order valence-electron chi connectivity index (χ1n) is 8.52. The molecule has 27 heavy (non-hydrogen) atoms. The fraction of sp³-hybridized carbons (Fsp3) is 0.200. The molecule has 0 saturated carbocycles. The number of rotatable bonds is 0. The van der Waals surface area contributed by atoms with Crippen LogP contribution in [0.4, 0.5) is 13.6 Å². The summed E-state index contributed by atoms with van der Waals surface area (Å²) in [5.41, 5.74) is 2.01. The van der Waals surface area contributed by atoms with Gasteiger partial charge in [-0.3, -0.25) is 4.79 Å². The molecule has 4 unspecified atom stereocenters. The molecule has 5 aliphatic rings. The van der Waals surface area contributed by atoms with Gasteiger partial charge in [-0.2, -0.15) is 9.18 Å². The van der Waals surface area contributed by atoms with Gasteiger partial charge in [0, 0.05) is 24.0 Å². The van der Waals surface area contributed by atoms with Crippen molar-refractivity contribution in [2.24, 2.45) is 5.92 Å². The topological polar surface area (TPSA) is 63.6 Å². The van der Waals surface area contributed by atoms with E-state index in [1.165, 1.54) is 6.20 Å². The van der Waals surface area contributed by atoms with Gasteiger partial charge in [-0.15, -0.1) is 4.48 Å². The lowest BCUT2D eigenvalue weighted by Crippen LogP contribution is -2.66. The van der Waals surface area contributed by atoms with Crippen LogP contribution in [0.2, 0.25) is 0 Å². The molecule has 5 nitrogen and oxygen atoms in total. The average molecular weight is 370 g/mol. The maximum atomic E-state index is 14.6. The van der Waals surface area contributed by atoms with Crippen LogP contribution in [-0.4, -0.2) is 33.6 Å². The highest BCUT2D eigenvalue weighted by atomic mass is 19.2. The van der Waals surface area contributed by atoms with E-state index in [-0.39, 0.29) is 5.92 Å². The van der Waals surface area contributed by atoms with Crippen molar-refractivity contribution < 1.29 is 32.7 Å². The van der Waals surface area contributed by atoms with E-state index in [4.69, 9.17) is 4.74 Å². The van der Waals surface area contributed by atoms with Gasteiger partial charge in [-0.1, -0.05) is 24.3 Å². The van der Waals surface area contributed by atoms with Crippen molar-refractivity contribution in [1.29, 1.82) is 0 Å². The number of ketones is 1. The van der Waals surface area contributed by atoms with Gasteiger partial charge in [0.05, 0.1) is 0 Å². The zero-order valence-corrected chi connectivity index (χ0v) is 13.9. The Morgan fingerprint density at radius 1 is 1.26 bits per heavy atom. The monoisotopic (exact) mass is 370 g/mol. The maximum Gasteiger partial charge on any atom is 0.524 e. The number of nitrogens with zero attached hydrogens (tertiary/aromatic N) is 1. The first kappa shape index (κ1) is 16.1. The third-order valence-electron chi connectivity index (χ3n) is 5.64. The van der Waals surface area contributed by atoms with Crippen LogP contribution in [0.5, 0.6) is 0 Å². The van der Waals surface area contributed by atoms with E-state index < -0.39 is 45.9 Å². The van der Waals surface area contributed by atoms with E-state index in [2.05, 4.69) is 0 Å². The number of carboxylic acid groups (broad SMARTS) is 1. The normalized spacial score (nSPS) is 35.8. The number of fused-ring (bicyclic) bond motifs is 4. The molecule has 136 valence electrons. The molecule has 1 fully saturated rings. The molecule has 3 aliphatic carbocycles. The third-order valence-corrected chi connectivity index (χ3v) is 5.64. The zero-order valence-electron chi connectivity index (χ0n) is 13.9. The molecule has 1 saturated heterocycles. The van der Waals surface area contributed by atoms with E-state index in [0.717, 1.165) is 11.1 Å². The van der Waals surface area contributed by atoms with Crippen LogP contribution in [0.25, 0.3) is 0 Å². The molecule has 0 bridgehead atoms. The van der Waals surface area contributed by atoms with E-state index >= 15 is 0 Å². The van der Waals surface area contributed by atoms with Gasteiger partial charge >= 0.3 is 6.09 Å². The maximum absolute atomic E-state index is 14.6. The fourth-order valence-electron chi connectivity index (χ4n) is 4.56. The van der Waals surface area contributed by atoms with E-state index in [1.54, 1.807) is 12.2 Å². The first-order chi connectivity index (χ1) is 12.9. The van der Waals surface area contributed by atoms with Crippen LogP contribution < -0.4 is 0 Å². The van der Waals surface area contributed by atoms with Crippen LogP contribution in [0.3, 0.4) is 0 Å². The predicted octanol–water partition coefficient (Wildman–Crippen LogP) is 3.72. The largest absolute Gasteiger partial charge is 0.524 e. The van der Waals surface area contributed by atoms with E-state index in [1.807, 2.05) is 24.3 Å². The number of carbonyl (C=O) groups excluding carboxylic acids is 1. The number of morpholine rings is 1. The Kier molecular flexibility index (Phi) is 3.13.